The molecular weight excluding hydrogens is 725 g/mol. The van der Waals surface area contributed by atoms with Crippen molar-refractivity contribution in [3.63, 3.8) is 0 Å². The molecule has 2 atom stereocenters. The zero-order valence-electron chi connectivity index (χ0n) is 30.1. The van der Waals surface area contributed by atoms with Gasteiger partial charge in [-0.3, -0.25) is 9.69 Å². The maximum absolute atomic E-state index is 14.1. The number of thioether (sulfide) groups is 1. The number of hydrogen-bond acceptors (Lipinski definition) is 11. The van der Waals surface area contributed by atoms with Crippen LogP contribution in [0.15, 0.2) is 17.4 Å². The first-order valence-corrected chi connectivity index (χ1v) is 18.1. The van der Waals surface area contributed by atoms with Crippen LogP contribution in [0.4, 0.5) is 28.6 Å². The van der Waals surface area contributed by atoms with E-state index in [-0.39, 0.29) is 39.0 Å². The molecule has 18 heteroatoms. The molecule has 0 saturated carbocycles. The van der Waals surface area contributed by atoms with Gasteiger partial charge in [-0.2, -0.15) is 28.2 Å². The number of benzene rings is 1. The van der Waals surface area contributed by atoms with Gasteiger partial charge in [-0.15, -0.1) is 0 Å². The molecule has 2 aliphatic heterocycles. The highest BCUT2D eigenvalue weighted by Crippen LogP contribution is 2.44. The fourth-order valence-corrected chi connectivity index (χ4v) is 7.02. The summed E-state index contributed by atoms with van der Waals surface area (Å²) in [5, 5.41) is 15.0. The van der Waals surface area contributed by atoms with Crippen molar-refractivity contribution in [3.8, 4) is 6.07 Å². The molecule has 280 valence electrons. The van der Waals surface area contributed by atoms with Gasteiger partial charge in [-0.05, 0) is 66.4 Å². The third-order valence-corrected chi connectivity index (χ3v) is 9.55. The first kappa shape index (κ1) is 38.9. The van der Waals surface area contributed by atoms with E-state index in [0.29, 0.717) is 54.2 Å². The van der Waals surface area contributed by atoms with Gasteiger partial charge in [0.25, 0.3) is 0 Å². The predicted octanol–water partition coefficient (Wildman–Crippen LogP) is 6.82. The third kappa shape index (κ3) is 8.02. The van der Waals surface area contributed by atoms with Crippen LogP contribution in [0.25, 0.3) is 10.9 Å². The van der Waals surface area contributed by atoms with Crippen molar-refractivity contribution in [2.75, 3.05) is 30.8 Å². The Kier molecular flexibility index (Phi) is 10.7. The molecule has 52 heavy (non-hydrogen) atoms. The first-order valence-electron chi connectivity index (χ1n) is 16.5. The number of rotatable bonds is 4. The van der Waals surface area contributed by atoms with Crippen LogP contribution in [0.2, 0.25) is 5.02 Å². The number of carbonyl (C=O) groups excluding carboxylic acids is 3. The topological polar surface area (TPSA) is 147 Å². The predicted molar refractivity (Wildman–Crippen MR) is 187 cm³/mol. The summed E-state index contributed by atoms with van der Waals surface area (Å²) in [7, 11) is 0. The van der Waals surface area contributed by atoms with Crippen LogP contribution in [0.3, 0.4) is 0 Å². The normalized spacial score (nSPS) is 18.2. The summed E-state index contributed by atoms with van der Waals surface area (Å²) in [6, 6.07) is 1.80. The van der Waals surface area contributed by atoms with Gasteiger partial charge in [0.05, 0.1) is 48.5 Å². The Bertz CT molecular complexity index is 1950. The highest BCUT2D eigenvalue weighted by Gasteiger charge is 2.47. The number of fused-ring (bicyclic) bond motifs is 2. The molecule has 1 unspecified atom stereocenters. The molecule has 0 aliphatic carbocycles. The van der Waals surface area contributed by atoms with E-state index in [4.69, 9.17) is 31.0 Å². The fourth-order valence-electron chi connectivity index (χ4n) is 6.36. The van der Waals surface area contributed by atoms with Crippen LogP contribution < -0.4 is 4.90 Å². The molecule has 5 rings (SSSR count). The van der Waals surface area contributed by atoms with E-state index in [1.54, 1.807) is 65.7 Å². The van der Waals surface area contributed by atoms with Gasteiger partial charge in [0.15, 0.2) is 5.16 Å². The van der Waals surface area contributed by atoms with Crippen LogP contribution in [-0.4, -0.2) is 97.0 Å². The van der Waals surface area contributed by atoms with E-state index in [1.807, 2.05) is 6.07 Å². The average Bonchev–Trinajstić information content (AvgIpc) is 3.45. The molecule has 2 aliphatic rings. The van der Waals surface area contributed by atoms with Gasteiger partial charge in [0.2, 0.25) is 0 Å². The van der Waals surface area contributed by atoms with E-state index in [9.17, 15) is 32.8 Å². The Morgan fingerprint density at radius 3 is 2.29 bits per heavy atom. The minimum Gasteiger partial charge on any atom is -0.444 e. The number of nitrogens with zero attached hydrogens (tertiary/aromatic N) is 8. The molecule has 0 radical (unpaired) electrons. The quantitative estimate of drug-likeness (QED) is 0.204. The van der Waals surface area contributed by atoms with E-state index in [1.165, 1.54) is 22.9 Å². The monoisotopic (exact) mass is 764 g/mol. The van der Waals surface area contributed by atoms with Crippen molar-refractivity contribution in [3.05, 3.63) is 39.7 Å². The Hall–Kier alpha value is -4.30. The molecular formula is C34H40ClF3N8O5S. The van der Waals surface area contributed by atoms with Crippen LogP contribution in [0, 0.1) is 18.3 Å². The lowest BCUT2D eigenvalue weighted by Gasteiger charge is -2.43. The standard InChI is InChI=1S/C34H40ClF3N8O5S/c1-18-13-23-20(15-40-46(23)31(49)51-33(5,6)7)25(26(18)35)24-14-22-21(17-45(24)30(48)50-32(2,3)4)27(42-29(41-22)52-8)43-11-12-44(19(16-43)9-10-39)28(47)34(36,37)38/h13,15,19,24H,9,11-12,14,16-17H2,1-8H3/t19-,24?/m0/s1. The number of alkyl halides is 3. The highest BCUT2D eigenvalue weighted by molar-refractivity contribution is 7.98. The Balaban J connectivity index is 1.64. The second-order valence-electron chi connectivity index (χ2n) is 14.6. The van der Waals surface area contributed by atoms with Crippen LogP contribution in [0.1, 0.15) is 76.4 Å². The SMILES string of the molecule is CSc1nc2c(c(N3CCN(C(=O)C(F)(F)F)[C@@H](CC#N)C3)n1)CN(C(=O)OC(C)(C)C)C(c1c(Cl)c(C)cc3c1cnn3C(=O)OC(C)(C)C)C2. The molecule has 0 bridgehead atoms. The minimum atomic E-state index is -5.09. The summed E-state index contributed by atoms with van der Waals surface area (Å²) < 4.78 is 53.0. The Morgan fingerprint density at radius 1 is 1.04 bits per heavy atom. The van der Waals surface area contributed by atoms with Gasteiger partial charge >= 0.3 is 24.3 Å². The number of amides is 2. The van der Waals surface area contributed by atoms with Crippen molar-refractivity contribution in [2.45, 2.75) is 102 Å². The van der Waals surface area contributed by atoms with Crippen molar-refractivity contribution in [1.29, 1.82) is 5.26 Å². The van der Waals surface area contributed by atoms with Crippen molar-refractivity contribution in [2.24, 2.45) is 0 Å². The number of piperazine rings is 1. The number of nitriles is 1. The van der Waals surface area contributed by atoms with E-state index in [2.05, 4.69) is 5.10 Å². The molecule has 2 aromatic heterocycles. The minimum absolute atomic E-state index is 0.00886. The number of carbonyl (C=O) groups is 3. The van der Waals surface area contributed by atoms with Gasteiger partial charge in [0, 0.05) is 47.6 Å². The molecule has 1 saturated heterocycles. The lowest BCUT2D eigenvalue weighted by atomic mass is 9.90. The van der Waals surface area contributed by atoms with E-state index in [0.717, 1.165) is 4.68 Å². The molecule has 4 heterocycles. The summed E-state index contributed by atoms with van der Waals surface area (Å²) in [5.41, 5.74) is 0.981. The van der Waals surface area contributed by atoms with Crippen LogP contribution >= 0.6 is 23.4 Å². The van der Waals surface area contributed by atoms with E-state index >= 15 is 0 Å². The maximum Gasteiger partial charge on any atom is 0.471 e. The molecule has 1 aromatic carbocycles. The van der Waals surface area contributed by atoms with Gasteiger partial charge in [-0.25, -0.2) is 19.6 Å². The summed E-state index contributed by atoms with van der Waals surface area (Å²) in [4.78, 5) is 53.0. The van der Waals surface area contributed by atoms with Gasteiger partial charge in [-0.1, -0.05) is 23.4 Å². The fraction of sp³-hybridized carbons (Fsp3) is 0.559. The number of anilines is 1. The number of aryl methyl sites for hydroxylation is 1. The summed E-state index contributed by atoms with van der Waals surface area (Å²) in [6.45, 7) is 11.7. The number of ether oxygens (including phenoxy) is 2. The lowest BCUT2D eigenvalue weighted by Crippen LogP contribution is -2.58. The zero-order chi connectivity index (χ0) is 38.5. The van der Waals surface area contributed by atoms with Gasteiger partial charge in [0.1, 0.15) is 17.0 Å². The number of halogens is 4. The smallest absolute Gasteiger partial charge is 0.444 e. The van der Waals surface area contributed by atoms with Crippen molar-refractivity contribution in [1.82, 2.24) is 29.5 Å². The summed E-state index contributed by atoms with van der Waals surface area (Å²) >= 11 is 8.30. The average molecular weight is 765 g/mol. The number of hydrogen-bond donors (Lipinski definition) is 0. The zero-order valence-corrected chi connectivity index (χ0v) is 31.7. The maximum atomic E-state index is 14.1. The molecule has 1 fully saturated rings. The molecule has 0 N–H and O–H groups in total. The third-order valence-electron chi connectivity index (χ3n) is 8.50. The lowest BCUT2D eigenvalue weighted by molar-refractivity contribution is -0.188. The number of aromatic nitrogens is 4. The van der Waals surface area contributed by atoms with Gasteiger partial charge < -0.3 is 19.3 Å². The first-order chi connectivity index (χ1) is 24.1. The second kappa shape index (κ2) is 14.3. The van der Waals surface area contributed by atoms with Crippen LogP contribution in [-0.2, 0) is 27.2 Å². The molecule has 3 aromatic rings. The summed E-state index contributed by atoms with van der Waals surface area (Å²) in [6.07, 6.45) is -3.38. The molecule has 0 spiro atoms. The largest absolute Gasteiger partial charge is 0.471 e. The summed E-state index contributed by atoms with van der Waals surface area (Å²) in [5.74, 6) is -1.63. The molecule has 2 amide bonds. The molecule has 13 nitrogen and oxygen atoms in total. The Morgan fingerprint density at radius 2 is 1.69 bits per heavy atom. The van der Waals surface area contributed by atoms with Crippen molar-refractivity contribution < 1.29 is 37.0 Å². The Labute approximate surface area is 308 Å². The van der Waals surface area contributed by atoms with Crippen molar-refractivity contribution >= 4 is 58.2 Å². The van der Waals surface area contributed by atoms with Crippen LogP contribution in [0.5, 0.6) is 0 Å². The van der Waals surface area contributed by atoms with E-state index < -0.39 is 47.6 Å². The second-order valence-corrected chi connectivity index (χ2v) is 15.8. The highest BCUT2D eigenvalue weighted by atomic mass is 35.5.